The summed E-state index contributed by atoms with van der Waals surface area (Å²) < 4.78 is 1.12. The lowest BCUT2D eigenvalue weighted by Gasteiger charge is -2.02. The number of rotatable bonds is 7. The lowest BCUT2D eigenvalue weighted by atomic mass is 10.1. The van der Waals surface area contributed by atoms with E-state index in [0.29, 0.717) is 0 Å². The number of nitrogens with zero attached hydrogens (tertiary/aromatic N) is 2. The second kappa shape index (κ2) is 7.86. The van der Waals surface area contributed by atoms with Gasteiger partial charge in [-0.25, -0.2) is 0 Å². The molecule has 0 fully saturated rings. The Bertz CT molecular complexity index is 554. The van der Waals surface area contributed by atoms with E-state index in [1.807, 2.05) is 0 Å². The van der Waals surface area contributed by atoms with E-state index < -0.39 is 0 Å². The van der Waals surface area contributed by atoms with Crippen LogP contribution in [0.3, 0.4) is 0 Å². The van der Waals surface area contributed by atoms with Crippen molar-refractivity contribution in [1.29, 1.82) is 0 Å². The number of aromatic nitrogens is 2. The Morgan fingerprint density at radius 1 is 1.25 bits per heavy atom. The van der Waals surface area contributed by atoms with Crippen LogP contribution in [-0.4, -0.2) is 23.3 Å². The van der Waals surface area contributed by atoms with Crippen LogP contribution in [0.5, 0.6) is 0 Å². The summed E-state index contributed by atoms with van der Waals surface area (Å²) in [5.74, 6) is 0. The highest BCUT2D eigenvalue weighted by atomic mass is 79.9. The topological polar surface area (TPSA) is 37.8 Å². The van der Waals surface area contributed by atoms with Gasteiger partial charge in [0.25, 0.3) is 0 Å². The maximum absolute atomic E-state index is 4.32. The summed E-state index contributed by atoms with van der Waals surface area (Å²) in [6.45, 7) is 6.42. The van der Waals surface area contributed by atoms with E-state index >= 15 is 0 Å². The predicted molar refractivity (Wildman–Crippen MR) is 89.3 cm³/mol. The summed E-state index contributed by atoms with van der Waals surface area (Å²) in [5.41, 5.74) is 2.36. The second-order valence-electron chi connectivity index (χ2n) is 4.79. The van der Waals surface area contributed by atoms with Crippen molar-refractivity contribution in [1.82, 2.24) is 15.5 Å². The van der Waals surface area contributed by atoms with Crippen molar-refractivity contribution in [2.45, 2.75) is 33.1 Å². The van der Waals surface area contributed by atoms with E-state index in [2.05, 4.69) is 63.5 Å². The molecule has 0 amide bonds. The minimum absolute atomic E-state index is 0.997. The summed E-state index contributed by atoms with van der Waals surface area (Å²) >= 11 is 5.33. The van der Waals surface area contributed by atoms with E-state index in [0.717, 1.165) is 46.0 Å². The third-order valence-electron chi connectivity index (χ3n) is 3.06. The van der Waals surface area contributed by atoms with Crippen LogP contribution in [-0.2, 0) is 6.42 Å². The number of benzene rings is 1. The third kappa shape index (κ3) is 4.11. The minimum atomic E-state index is 0.997. The first-order chi connectivity index (χ1) is 9.72. The summed E-state index contributed by atoms with van der Waals surface area (Å²) in [5, 5.41) is 14.1. The third-order valence-corrected chi connectivity index (χ3v) is 5.13. The highest BCUT2D eigenvalue weighted by molar-refractivity contribution is 9.10. The average molecular weight is 354 g/mol. The van der Waals surface area contributed by atoms with Gasteiger partial charge in [-0.3, -0.25) is 0 Å². The number of hydrogen-bond donors (Lipinski definition) is 1. The van der Waals surface area contributed by atoms with Crippen LogP contribution in [0.4, 0.5) is 0 Å². The molecule has 0 bridgehead atoms. The maximum atomic E-state index is 4.32. The molecule has 0 saturated carbocycles. The molecule has 0 unspecified atom stereocenters. The fourth-order valence-electron chi connectivity index (χ4n) is 1.94. The van der Waals surface area contributed by atoms with Gasteiger partial charge in [0, 0.05) is 16.5 Å². The number of aryl methyl sites for hydroxylation is 2. The van der Waals surface area contributed by atoms with Crippen molar-refractivity contribution in [3.05, 3.63) is 33.2 Å². The van der Waals surface area contributed by atoms with E-state index in [4.69, 9.17) is 0 Å². The molecule has 0 radical (unpaired) electrons. The van der Waals surface area contributed by atoms with Crippen molar-refractivity contribution >= 4 is 27.3 Å². The Hall–Kier alpha value is -0.780. The molecule has 2 rings (SSSR count). The van der Waals surface area contributed by atoms with E-state index in [-0.39, 0.29) is 0 Å². The zero-order chi connectivity index (χ0) is 14.4. The minimum Gasteiger partial charge on any atom is -0.317 e. The van der Waals surface area contributed by atoms with Gasteiger partial charge in [0.1, 0.15) is 10.0 Å². The van der Waals surface area contributed by atoms with Crippen LogP contribution >= 0.6 is 27.3 Å². The molecular weight excluding hydrogens is 334 g/mol. The Balaban J connectivity index is 1.97. The lowest BCUT2D eigenvalue weighted by molar-refractivity contribution is 0.637. The molecule has 0 atom stereocenters. The predicted octanol–water partition coefficient (Wildman–Crippen LogP) is 4.21. The van der Waals surface area contributed by atoms with Crippen LogP contribution in [0.25, 0.3) is 10.6 Å². The highest BCUT2D eigenvalue weighted by Crippen LogP contribution is 2.32. The average Bonchev–Trinajstić information content (AvgIpc) is 2.90. The molecule has 0 saturated heterocycles. The molecule has 1 aromatic carbocycles. The molecule has 0 spiro atoms. The van der Waals surface area contributed by atoms with Gasteiger partial charge in [-0.05, 0) is 54.3 Å². The molecule has 0 aliphatic heterocycles. The van der Waals surface area contributed by atoms with Crippen LogP contribution in [0.2, 0.25) is 0 Å². The molecule has 5 heteroatoms. The molecule has 108 valence electrons. The van der Waals surface area contributed by atoms with Crippen molar-refractivity contribution in [2.24, 2.45) is 0 Å². The van der Waals surface area contributed by atoms with Crippen molar-refractivity contribution in [3.8, 4) is 10.6 Å². The Morgan fingerprint density at radius 2 is 2.10 bits per heavy atom. The van der Waals surface area contributed by atoms with Gasteiger partial charge in [-0.15, -0.1) is 10.2 Å². The molecule has 20 heavy (non-hydrogen) atoms. The highest BCUT2D eigenvalue weighted by Gasteiger charge is 2.10. The van der Waals surface area contributed by atoms with Crippen molar-refractivity contribution in [3.63, 3.8) is 0 Å². The number of nitrogens with one attached hydrogen (secondary N) is 1. The number of hydrogen-bond acceptors (Lipinski definition) is 4. The van der Waals surface area contributed by atoms with Gasteiger partial charge >= 0.3 is 0 Å². The van der Waals surface area contributed by atoms with Crippen LogP contribution in [0.1, 0.15) is 30.3 Å². The van der Waals surface area contributed by atoms with E-state index in [1.165, 1.54) is 12.0 Å². The Labute approximate surface area is 133 Å². The first kappa shape index (κ1) is 15.6. The Morgan fingerprint density at radius 3 is 2.90 bits per heavy atom. The zero-order valence-electron chi connectivity index (χ0n) is 11.9. The van der Waals surface area contributed by atoms with Crippen LogP contribution < -0.4 is 5.32 Å². The molecule has 1 heterocycles. The summed E-state index contributed by atoms with van der Waals surface area (Å²) in [7, 11) is 0. The van der Waals surface area contributed by atoms with Gasteiger partial charge in [-0.2, -0.15) is 0 Å². The normalized spacial score (nSPS) is 10.9. The van der Waals surface area contributed by atoms with Gasteiger partial charge in [0.15, 0.2) is 0 Å². The van der Waals surface area contributed by atoms with Gasteiger partial charge in [0.05, 0.1) is 0 Å². The molecule has 0 aliphatic rings. The first-order valence-corrected chi connectivity index (χ1v) is 8.62. The SMILES string of the molecule is CCCNCCCc1nnc(-c2cccc(C)c2Br)s1. The second-order valence-corrected chi connectivity index (χ2v) is 6.65. The molecule has 1 aromatic heterocycles. The smallest absolute Gasteiger partial charge is 0.148 e. The summed E-state index contributed by atoms with van der Waals surface area (Å²) in [6, 6.07) is 6.24. The van der Waals surface area contributed by atoms with Gasteiger partial charge < -0.3 is 5.32 Å². The van der Waals surface area contributed by atoms with Gasteiger partial charge in [-0.1, -0.05) is 36.5 Å². The zero-order valence-corrected chi connectivity index (χ0v) is 14.4. The molecule has 1 N–H and O–H groups in total. The van der Waals surface area contributed by atoms with Crippen LogP contribution in [0, 0.1) is 6.92 Å². The summed E-state index contributed by atoms with van der Waals surface area (Å²) in [4.78, 5) is 0. The number of halogens is 1. The van der Waals surface area contributed by atoms with Crippen LogP contribution in [0.15, 0.2) is 22.7 Å². The standard InChI is InChI=1S/C15H20BrN3S/c1-3-9-17-10-5-8-13-18-19-15(20-13)12-7-4-6-11(2)14(12)16/h4,6-7,17H,3,5,8-10H2,1-2H3. The van der Waals surface area contributed by atoms with Crippen molar-refractivity contribution in [2.75, 3.05) is 13.1 Å². The fourth-order valence-corrected chi connectivity index (χ4v) is 3.44. The molecule has 3 nitrogen and oxygen atoms in total. The largest absolute Gasteiger partial charge is 0.317 e. The lowest BCUT2D eigenvalue weighted by Crippen LogP contribution is -2.16. The summed E-state index contributed by atoms with van der Waals surface area (Å²) in [6.07, 6.45) is 3.30. The first-order valence-electron chi connectivity index (χ1n) is 7.01. The monoisotopic (exact) mass is 353 g/mol. The van der Waals surface area contributed by atoms with E-state index in [1.54, 1.807) is 11.3 Å². The fraction of sp³-hybridized carbons (Fsp3) is 0.467. The Kier molecular flexibility index (Phi) is 6.13. The quantitative estimate of drug-likeness (QED) is 0.757. The van der Waals surface area contributed by atoms with Gasteiger partial charge in [0.2, 0.25) is 0 Å². The molecule has 0 aliphatic carbocycles. The van der Waals surface area contributed by atoms with E-state index in [9.17, 15) is 0 Å². The maximum Gasteiger partial charge on any atom is 0.148 e. The van der Waals surface area contributed by atoms with Crippen molar-refractivity contribution < 1.29 is 0 Å². The molecular formula is C15H20BrN3S. The molecule has 2 aromatic rings.